The fraction of sp³-hybridized carbons (Fsp3) is 0.235. The van der Waals surface area contributed by atoms with Gasteiger partial charge in [0.15, 0.2) is 0 Å². The predicted molar refractivity (Wildman–Crippen MR) is 165 cm³/mol. The first-order valence-electron chi connectivity index (χ1n) is 14.1. The molecule has 1 aliphatic heterocycles. The highest BCUT2D eigenvalue weighted by Crippen LogP contribution is 2.36. The van der Waals surface area contributed by atoms with Crippen LogP contribution in [0.3, 0.4) is 0 Å². The van der Waals surface area contributed by atoms with Gasteiger partial charge in [-0.05, 0) is 60.7 Å². The van der Waals surface area contributed by atoms with Gasteiger partial charge in [0.25, 0.3) is 0 Å². The number of nitrogens with zero attached hydrogens (tertiary/aromatic N) is 2. The monoisotopic (exact) mass is 531 g/mol. The Labute approximate surface area is 237 Å². The van der Waals surface area contributed by atoms with Crippen molar-refractivity contribution in [3.05, 3.63) is 120 Å². The SMILES string of the molecule is NCCCCCN=C1Nc2ccccc2C(NC(=O)CCc2ccccc2)N1c1ccc(-c2ccccc2)cc1. The number of rotatable bonds is 11. The molecule has 4 N–H and O–H groups in total. The maximum atomic E-state index is 13.3. The molecule has 1 unspecified atom stereocenters. The third-order valence-corrected chi connectivity index (χ3v) is 7.15. The number of hydrogen-bond donors (Lipinski definition) is 3. The molecular formula is C34H37N5O. The highest BCUT2D eigenvalue weighted by Gasteiger charge is 2.33. The third-order valence-electron chi connectivity index (χ3n) is 7.15. The molecule has 40 heavy (non-hydrogen) atoms. The van der Waals surface area contributed by atoms with Gasteiger partial charge >= 0.3 is 0 Å². The number of carbonyl (C=O) groups is 1. The van der Waals surface area contributed by atoms with Gasteiger partial charge in [-0.1, -0.05) is 97.4 Å². The lowest BCUT2D eigenvalue weighted by Gasteiger charge is -2.40. The molecule has 1 amide bonds. The number of hydrogen-bond acceptors (Lipinski definition) is 3. The molecule has 204 valence electrons. The summed E-state index contributed by atoms with van der Waals surface area (Å²) >= 11 is 0. The maximum absolute atomic E-state index is 13.3. The van der Waals surface area contributed by atoms with Crippen molar-refractivity contribution in [1.29, 1.82) is 0 Å². The molecule has 5 rings (SSSR count). The van der Waals surface area contributed by atoms with Crippen LogP contribution in [0.4, 0.5) is 11.4 Å². The summed E-state index contributed by atoms with van der Waals surface area (Å²) in [7, 11) is 0. The Hall–Kier alpha value is -4.42. The molecule has 6 nitrogen and oxygen atoms in total. The summed E-state index contributed by atoms with van der Waals surface area (Å²) in [5, 5.41) is 6.87. The highest BCUT2D eigenvalue weighted by atomic mass is 16.1. The van der Waals surface area contributed by atoms with Crippen molar-refractivity contribution in [2.45, 2.75) is 38.3 Å². The van der Waals surface area contributed by atoms with Gasteiger partial charge in [-0.25, -0.2) is 0 Å². The number of anilines is 2. The van der Waals surface area contributed by atoms with Gasteiger partial charge in [-0.3, -0.25) is 14.7 Å². The van der Waals surface area contributed by atoms with Crippen LogP contribution in [0.5, 0.6) is 0 Å². The fourth-order valence-corrected chi connectivity index (χ4v) is 5.01. The van der Waals surface area contributed by atoms with Gasteiger partial charge in [0.1, 0.15) is 6.17 Å². The van der Waals surface area contributed by atoms with E-state index in [1.54, 1.807) is 0 Å². The zero-order chi connectivity index (χ0) is 27.6. The Balaban J connectivity index is 1.45. The van der Waals surface area contributed by atoms with Gasteiger partial charge in [0.05, 0.1) is 0 Å². The van der Waals surface area contributed by atoms with E-state index in [9.17, 15) is 4.79 Å². The fourth-order valence-electron chi connectivity index (χ4n) is 5.01. The number of nitrogens with two attached hydrogens (primary N) is 1. The summed E-state index contributed by atoms with van der Waals surface area (Å²) in [6.07, 6.45) is 3.68. The van der Waals surface area contributed by atoms with Gasteiger partial charge in [0, 0.05) is 29.9 Å². The lowest BCUT2D eigenvalue weighted by molar-refractivity contribution is -0.121. The first kappa shape index (κ1) is 27.2. The van der Waals surface area contributed by atoms with E-state index in [4.69, 9.17) is 10.7 Å². The Bertz CT molecular complexity index is 1400. The Morgan fingerprint density at radius 2 is 1.48 bits per heavy atom. The molecule has 0 radical (unpaired) electrons. The Morgan fingerprint density at radius 1 is 0.800 bits per heavy atom. The van der Waals surface area contributed by atoms with Gasteiger partial charge in [-0.2, -0.15) is 0 Å². The van der Waals surface area contributed by atoms with E-state index in [0.29, 0.717) is 25.9 Å². The van der Waals surface area contributed by atoms with E-state index in [-0.39, 0.29) is 5.91 Å². The first-order valence-corrected chi connectivity index (χ1v) is 14.1. The highest BCUT2D eigenvalue weighted by molar-refractivity contribution is 6.09. The molecular weight excluding hydrogens is 494 g/mol. The number of amides is 1. The van der Waals surface area contributed by atoms with E-state index in [0.717, 1.165) is 58.9 Å². The molecule has 4 aromatic rings. The first-order chi connectivity index (χ1) is 19.7. The van der Waals surface area contributed by atoms with Gasteiger partial charge < -0.3 is 16.4 Å². The Kier molecular flexibility index (Phi) is 9.22. The summed E-state index contributed by atoms with van der Waals surface area (Å²) < 4.78 is 0. The van der Waals surface area contributed by atoms with E-state index in [2.05, 4.69) is 70.1 Å². The minimum atomic E-state index is -0.397. The number of aryl methyl sites for hydroxylation is 1. The predicted octanol–water partition coefficient (Wildman–Crippen LogP) is 6.52. The van der Waals surface area contributed by atoms with Crippen LogP contribution in [-0.4, -0.2) is 25.0 Å². The topological polar surface area (TPSA) is 82.7 Å². The summed E-state index contributed by atoms with van der Waals surface area (Å²) in [5.74, 6) is 0.728. The standard InChI is InChI=1S/C34H37N5O/c35-24-10-3-11-25-36-34-37-31-17-9-8-16-30(31)33(38-32(40)23-18-26-12-4-1-5-13-26)39(34)29-21-19-28(20-22-29)27-14-6-2-7-15-27/h1-2,4-9,12-17,19-22,33H,3,10-11,18,23-25,35H2,(H,36,37)(H,38,40). The zero-order valence-corrected chi connectivity index (χ0v) is 22.8. The number of unbranched alkanes of at least 4 members (excludes halogenated alkanes) is 2. The van der Waals surface area contributed by atoms with Crippen molar-refractivity contribution in [3.8, 4) is 11.1 Å². The summed E-state index contributed by atoms with van der Waals surface area (Å²) in [4.78, 5) is 20.4. The van der Waals surface area contributed by atoms with Gasteiger partial charge in [0.2, 0.25) is 11.9 Å². The van der Waals surface area contributed by atoms with Crippen molar-refractivity contribution in [1.82, 2.24) is 5.32 Å². The molecule has 0 fully saturated rings. The number of aliphatic imine (C=N–C) groups is 1. The average Bonchev–Trinajstić information content (AvgIpc) is 3.01. The minimum Gasteiger partial charge on any atom is -0.331 e. The van der Waals surface area contributed by atoms with Gasteiger partial charge in [-0.15, -0.1) is 0 Å². The van der Waals surface area contributed by atoms with Crippen LogP contribution >= 0.6 is 0 Å². The van der Waals surface area contributed by atoms with Crippen molar-refractivity contribution in [3.63, 3.8) is 0 Å². The average molecular weight is 532 g/mol. The summed E-state index contributed by atoms with van der Waals surface area (Å²) in [6.45, 7) is 1.37. The lowest BCUT2D eigenvalue weighted by atomic mass is 10.0. The quantitative estimate of drug-likeness (QED) is 0.193. The normalized spacial score (nSPS) is 15.4. The molecule has 1 atom stereocenters. The van der Waals surface area contributed by atoms with E-state index in [1.807, 2.05) is 54.6 Å². The number of fused-ring (bicyclic) bond motifs is 1. The molecule has 0 aromatic heterocycles. The van der Waals surface area contributed by atoms with Crippen LogP contribution in [0, 0.1) is 0 Å². The second-order valence-electron chi connectivity index (χ2n) is 10.0. The molecule has 6 heteroatoms. The molecule has 0 spiro atoms. The lowest BCUT2D eigenvalue weighted by Crippen LogP contribution is -2.50. The summed E-state index contributed by atoms with van der Waals surface area (Å²) in [6, 6.07) is 37.0. The molecule has 1 aliphatic rings. The van der Waals surface area contributed by atoms with Crippen molar-refractivity contribution in [2.75, 3.05) is 23.3 Å². The van der Waals surface area contributed by atoms with Crippen LogP contribution in [-0.2, 0) is 11.2 Å². The van der Waals surface area contributed by atoms with Crippen LogP contribution < -0.4 is 21.3 Å². The molecule has 0 aliphatic carbocycles. The molecule has 0 saturated heterocycles. The zero-order valence-electron chi connectivity index (χ0n) is 22.8. The Morgan fingerprint density at radius 3 is 2.23 bits per heavy atom. The van der Waals surface area contributed by atoms with Crippen molar-refractivity contribution in [2.24, 2.45) is 10.7 Å². The van der Waals surface area contributed by atoms with E-state index >= 15 is 0 Å². The largest absolute Gasteiger partial charge is 0.331 e. The molecule has 1 heterocycles. The number of benzene rings is 4. The van der Waals surface area contributed by atoms with E-state index < -0.39 is 6.17 Å². The van der Waals surface area contributed by atoms with Crippen LogP contribution in [0.25, 0.3) is 11.1 Å². The van der Waals surface area contributed by atoms with Crippen LogP contribution in [0.15, 0.2) is 114 Å². The number of guanidine groups is 1. The van der Waals surface area contributed by atoms with E-state index in [1.165, 1.54) is 0 Å². The maximum Gasteiger partial charge on any atom is 0.222 e. The minimum absolute atomic E-state index is 0.00115. The second kappa shape index (κ2) is 13.6. The third kappa shape index (κ3) is 6.77. The smallest absolute Gasteiger partial charge is 0.222 e. The van der Waals surface area contributed by atoms with Crippen LogP contribution in [0.2, 0.25) is 0 Å². The molecule has 4 aromatic carbocycles. The second-order valence-corrected chi connectivity index (χ2v) is 10.0. The molecule has 0 bridgehead atoms. The number of nitrogens with one attached hydrogen (secondary N) is 2. The van der Waals surface area contributed by atoms with Crippen molar-refractivity contribution >= 4 is 23.2 Å². The van der Waals surface area contributed by atoms with Crippen molar-refractivity contribution < 1.29 is 4.79 Å². The number of carbonyl (C=O) groups excluding carboxylic acids is 1. The summed E-state index contributed by atoms with van der Waals surface area (Å²) in [5.41, 5.74) is 12.0. The van der Waals surface area contributed by atoms with Crippen LogP contribution in [0.1, 0.15) is 43.0 Å². The molecule has 0 saturated carbocycles. The number of para-hydroxylation sites is 1.